The van der Waals surface area contributed by atoms with Gasteiger partial charge in [-0.15, -0.1) is 0 Å². The van der Waals surface area contributed by atoms with Gasteiger partial charge in [-0.1, -0.05) is 60.7 Å². The van der Waals surface area contributed by atoms with Crippen LogP contribution in [0, 0.1) is 0 Å². The molecule has 1 aliphatic carbocycles. The number of hydrogen-bond acceptors (Lipinski definition) is 2. The van der Waals surface area contributed by atoms with Crippen molar-refractivity contribution in [3.8, 4) is 0 Å². The fourth-order valence-corrected chi connectivity index (χ4v) is 3.08. The lowest BCUT2D eigenvalue weighted by Gasteiger charge is -2.24. The molecule has 0 fully saturated rings. The summed E-state index contributed by atoms with van der Waals surface area (Å²) in [6, 6.07) is 16.4. The van der Waals surface area contributed by atoms with Crippen LogP contribution in [0.25, 0.3) is 27.6 Å². The number of aliphatic hydroxyl groups is 2. The van der Waals surface area contributed by atoms with E-state index in [-0.39, 0.29) is 0 Å². The average molecular weight is 262 g/mol. The maximum absolute atomic E-state index is 10.4. The minimum Gasteiger partial charge on any atom is -0.386 e. The van der Waals surface area contributed by atoms with Crippen LogP contribution in [-0.4, -0.2) is 16.3 Å². The zero-order chi connectivity index (χ0) is 13.7. The van der Waals surface area contributed by atoms with Gasteiger partial charge in [-0.2, -0.15) is 0 Å². The Bertz CT molecular complexity index is 849. The Kier molecular flexibility index (Phi) is 2.43. The molecule has 3 aromatic carbocycles. The minimum absolute atomic E-state index is 0.828. The number of fused-ring (bicyclic) bond motifs is 5. The summed E-state index contributed by atoms with van der Waals surface area (Å²) in [6.07, 6.45) is 1.81. The average Bonchev–Trinajstić information content (AvgIpc) is 2.50. The molecule has 2 heteroatoms. The maximum atomic E-state index is 10.4. The normalized spacial score (nSPS) is 21.3. The smallest absolute Gasteiger partial charge is 0.110 e. The second kappa shape index (κ2) is 4.17. The van der Waals surface area contributed by atoms with E-state index in [1.165, 1.54) is 0 Å². The van der Waals surface area contributed by atoms with Crippen LogP contribution in [0.1, 0.15) is 17.2 Å². The lowest BCUT2D eigenvalue weighted by Crippen LogP contribution is -2.19. The summed E-state index contributed by atoms with van der Waals surface area (Å²) >= 11 is 0. The first kappa shape index (κ1) is 11.6. The summed E-state index contributed by atoms with van der Waals surface area (Å²) in [5, 5.41) is 24.7. The molecule has 0 bridgehead atoms. The SMILES string of the molecule is O[C@@H]1c2c(ccc3ccc4ccccc4c23)C=C[C@@H]1O. The number of benzene rings is 3. The monoisotopic (exact) mass is 262 g/mol. The molecule has 0 radical (unpaired) electrons. The fraction of sp³-hybridized carbons (Fsp3) is 0.111. The Balaban J connectivity index is 2.22. The third kappa shape index (κ3) is 1.52. The molecule has 0 spiro atoms. The van der Waals surface area contributed by atoms with E-state index in [1.807, 2.05) is 24.3 Å². The predicted octanol–water partition coefficient (Wildman–Crippen LogP) is 3.41. The second-order valence-corrected chi connectivity index (χ2v) is 5.25. The molecule has 2 N–H and O–H groups in total. The quantitative estimate of drug-likeness (QED) is 0.609. The van der Waals surface area contributed by atoms with Crippen LogP contribution in [0.3, 0.4) is 0 Å². The van der Waals surface area contributed by atoms with E-state index in [0.717, 1.165) is 32.7 Å². The topological polar surface area (TPSA) is 40.5 Å². The summed E-state index contributed by atoms with van der Waals surface area (Å²) in [7, 11) is 0. The molecule has 20 heavy (non-hydrogen) atoms. The van der Waals surface area contributed by atoms with E-state index < -0.39 is 12.2 Å². The van der Waals surface area contributed by atoms with Gasteiger partial charge in [0.15, 0.2) is 0 Å². The first-order valence-electron chi connectivity index (χ1n) is 6.74. The van der Waals surface area contributed by atoms with Crippen molar-refractivity contribution in [1.29, 1.82) is 0 Å². The van der Waals surface area contributed by atoms with Gasteiger partial charge in [0.2, 0.25) is 0 Å². The van der Waals surface area contributed by atoms with Gasteiger partial charge < -0.3 is 10.2 Å². The Morgan fingerprint density at radius 1 is 0.800 bits per heavy atom. The van der Waals surface area contributed by atoms with Crippen LogP contribution >= 0.6 is 0 Å². The zero-order valence-corrected chi connectivity index (χ0v) is 10.8. The van der Waals surface area contributed by atoms with Crippen LogP contribution in [0.5, 0.6) is 0 Å². The fourth-order valence-electron chi connectivity index (χ4n) is 3.08. The van der Waals surface area contributed by atoms with E-state index >= 15 is 0 Å². The van der Waals surface area contributed by atoms with Crippen LogP contribution in [-0.2, 0) is 0 Å². The van der Waals surface area contributed by atoms with Crippen molar-refractivity contribution in [2.24, 2.45) is 0 Å². The summed E-state index contributed by atoms with van der Waals surface area (Å²) in [6.45, 7) is 0. The molecule has 0 unspecified atom stereocenters. The molecule has 1 aliphatic rings. The summed E-state index contributed by atoms with van der Waals surface area (Å²) in [4.78, 5) is 0. The van der Waals surface area contributed by atoms with Gasteiger partial charge in [-0.05, 0) is 32.7 Å². The van der Waals surface area contributed by atoms with Gasteiger partial charge in [0.05, 0.1) is 0 Å². The van der Waals surface area contributed by atoms with Crippen molar-refractivity contribution in [2.45, 2.75) is 12.2 Å². The summed E-state index contributed by atoms with van der Waals surface area (Å²) < 4.78 is 0. The first-order chi connectivity index (χ1) is 9.75. The minimum atomic E-state index is -0.871. The Hall–Kier alpha value is -2.16. The molecule has 0 heterocycles. The van der Waals surface area contributed by atoms with Gasteiger partial charge in [0.25, 0.3) is 0 Å². The van der Waals surface area contributed by atoms with Crippen LogP contribution in [0.15, 0.2) is 54.6 Å². The molecule has 0 saturated heterocycles. The third-order valence-electron chi connectivity index (χ3n) is 4.08. The van der Waals surface area contributed by atoms with Crippen molar-refractivity contribution in [3.05, 3.63) is 65.7 Å². The van der Waals surface area contributed by atoms with Gasteiger partial charge in [0.1, 0.15) is 12.2 Å². The maximum Gasteiger partial charge on any atom is 0.110 e. The molecule has 0 aromatic heterocycles. The van der Waals surface area contributed by atoms with Gasteiger partial charge >= 0.3 is 0 Å². The highest BCUT2D eigenvalue weighted by atomic mass is 16.3. The molecule has 98 valence electrons. The molecule has 2 nitrogen and oxygen atoms in total. The summed E-state index contributed by atoms with van der Waals surface area (Å²) in [5.74, 6) is 0. The standard InChI is InChI=1S/C18H14O2/c19-15-10-9-13-8-7-12-6-5-11-3-1-2-4-14(11)16(12)17(13)18(15)20/h1-10,15,18-20H/t15-,18-/m0/s1. The van der Waals surface area contributed by atoms with E-state index in [4.69, 9.17) is 0 Å². The molecule has 0 amide bonds. The van der Waals surface area contributed by atoms with E-state index in [0.29, 0.717) is 0 Å². The Labute approximate surface area is 116 Å². The molecule has 2 atom stereocenters. The number of rotatable bonds is 0. The first-order valence-corrected chi connectivity index (χ1v) is 6.74. The molecular weight excluding hydrogens is 248 g/mol. The number of hydrogen-bond donors (Lipinski definition) is 2. The van der Waals surface area contributed by atoms with Crippen molar-refractivity contribution in [3.63, 3.8) is 0 Å². The lowest BCUT2D eigenvalue weighted by molar-refractivity contribution is 0.0480. The molecule has 0 saturated carbocycles. The predicted molar refractivity (Wildman–Crippen MR) is 81.5 cm³/mol. The molecular formula is C18H14O2. The van der Waals surface area contributed by atoms with Gasteiger partial charge in [0, 0.05) is 0 Å². The van der Waals surface area contributed by atoms with Crippen molar-refractivity contribution < 1.29 is 10.2 Å². The Morgan fingerprint density at radius 2 is 1.55 bits per heavy atom. The second-order valence-electron chi connectivity index (χ2n) is 5.25. The third-order valence-corrected chi connectivity index (χ3v) is 4.08. The van der Waals surface area contributed by atoms with Crippen molar-refractivity contribution >= 4 is 27.6 Å². The molecule has 4 rings (SSSR count). The van der Waals surface area contributed by atoms with Crippen molar-refractivity contribution in [2.75, 3.05) is 0 Å². The van der Waals surface area contributed by atoms with Gasteiger partial charge in [-0.25, -0.2) is 0 Å². The van der Waals surface area contributed by atoms with Crippen molar-refractivity contribution in [1.82, 2.24) is 0 Å². The molecule has 0 aliphatic heterocycles. The largest absolute Gasteiger partial charge is 0.386 e. The zero-order valence-electron chi connectivity index (χ0n) is 10.8. The van der Waals surface area contributed by atoms with Gasteiger partial charge in [-0.3, -0.25) is 0 Å². The highest BCUT2D eigenvalue weighted by molar-refractivity contribution is 6.10. The van der Waals surface area contributed by atoms with Crippen LogP contribution in [0.4, 0.5) is 0 Å². The lowest BCUT2D eigenvalue weighted by atomic mass is 9.86. The molecule has 3 aromatic rings. The highest BCUT2D eigenvalue weighted by Gasteiger charge is 2.25. The van der Waals surface area contributed by atoms with Crippen LogP contribution in [0.2, 0.25) is 0 Å². The van der Waals surface area contributed by atoms with E-state index in [9.17, 15) is 10.2 Å². The highest BCUT2D eigenvalue weighted by Crippen LogP contribution is 2.37. The van der Waals surface area contributed by atoms with E-state index in [1.54, 1.807) is 6.08 Å². The van der Waals surface area contributed by atoms with E-state index in [2.05, 4.69) is 30.3 Å². The number of aliphatic hydroxyl groups excluding tert-OH is 2. The van der Waals surface area contributed by atoms with Crippen LogP contribution < -0.4 is 0 Å². The Morgan fingerprint density at radius 3 is 2.45 bits per heavy atom. The summed E-state index contributed by atoms with van der Waals surface area (Å²) in [5.41, 5.74) is 1.81.